The number of carbonyl (C=O) groups excluding carboxylic acids is 1. The second kappa shape index (κ2) is 8.34. The Morgan fingerprint density at radius 1 is 1.19 bits per heavy atom. The normalized spacial score (nSPS) is 10.6. The number of benzene rings is 2. The summed E-state index contributed by atoms with van der Waals surface area (Å²) in [6.07, 6.45) is 0.931. The smallest absolute Gasteiger partial charge is 0.263 e. The first-order valence-electron chi connectivity index (χ1n) is 8.42. The Kier molecular flexibility index (Phi) is 5.91. The fourth-order valence-electron chi connectivity index (χ4n) is 2.64. The summed E-state index contributed by atoms with van der Waals surface area (Å²) in [5, 5.41) is 7.64. The number of carbonyl (C=O) groups is 1. The van der Waals surface area contributed by atoms with Crippen molar-refractivity contribution in [2.45, 2.75) is 26.8 Å². The second-order valence-electron chi connectivity index (χ2n) is 5.88. The van der Waals surface area contributed by atoms with E-state index in [1.807, 2.05) is 49.4 Å². The van der Waals surface area contributed by atoms with Crippen LogP contribution in [0, 0.1) is 6.92 Å². The van der Waals surface area contributed by atoms with E-state index >= 15 is 0 Å². The van der Waals surface area contributed by atoms with Crippen LogP contribution in [0.2, 0.25) is 5.02 Å². The average molecular weight is 386 g/mol. The van der Waals surface area contributed by atoms with Gasteiger partial charge in [0.05, 0.1) is 5.69 Å². The van der Waals surface area contributed by atoms with Gasteiger partial charge >= 0.3 is 0 Å². The Morgan fingerprint density at radius 3 is 2.77 bits per heavy atom. The van der Waals surface area contributed by atoms with Gasteiger partial charge in [0.2, 0.25) is 0 Å². The van der Waals surface area contributed by atoms with E-state index in [4.69, 9.17) is 11.6 Å². The summed E-state index contributed by atoms with van der Waals surface area (Å²) < 4.78 is 0. The first-order chi connectivity index (χ1) is 12.6. The first-order valence-corrected chi connectivity index (χ1v) is 9.61. The van der Waals surface area contributed by atoms with Crippen molar-refractivity contribution in [3.05, 3.63) is 75.3 Å². The lowest BCUT2D eigenvalue weighted by atomic mass is 10.1. The molecule has 3 rings (SSSR count). The van der Waals surface area contributed by atoms with Gasteiger partial charge in [-0.2, -0.15) is 0 Å². The zero-order valence-electron chi connectivity index (χ0n) is 14.7. The van der Waals surface area contributed by atoms with Crippen LogP contribution >= 0.6 is 22.9 Å². The van der Waals surface area contributed by atoms with Crippen LogP contribution in [0.3, 0.4) is 0 Å². The maximum absolute atomic E-state index is 12.5. The summed E-state index contributed by atoms with van der Waals surface area (Å²) in [5.74, 6) is -0.128. The first kappa shape index (κ1) is 18.4. The van der Waals surface area contributed by atoms with Crippen molar-refractivity contribution in [1.82, 2.24) is 10.3 Å². The fraction of sp³-hybridized carbons (Fsp3) is 0.200. The molecule has 0 spiro atoms. The predicted octanol–water partition coefficient (Wildman–Crippen LogP) is 5.34. The van der Waals surface area contributed by atoms with Gasteiger partial charge in [-0.15, -0.1) is 0 Å². The van der Waals surface area contributed by atoms with E-state index in [0.29, 0.717) is 16.4 Å². The zero-order chi connectivity index (χ0) is 18.5. The molecule has 26 heavy (non-hydrogen) atoms. The number of thiazole rings is 1. The van der Waals surface area contributed by atoms with Crippen molar-refractivity contribution < 1.29 is 4.79 Å². The van der Waals surface area contributed by atoms with E-state index in [-0.39, 0.29) is 5.91 Å². The summed E-state index contributed by atoms with van der Waals surface area (Å²) in [4.78, 5) is 17.6. The largest absolute Gasteiger partial charge is 0.347 e. The molecular formula is C20H20ClN3OS. The topological polar surface area (TPSA) is 54.0 Å². The highest BCUT2D eigenvalue weighted by Crippen LogP contribution is 2.27. The van der Waals surface area contributed by atoms with E-state index in [0.717, 1.165) is 28.5 Å². The Bertz CT molecular complexity index is 923. The highest BCUT2D eigenvalue weighted by Gasteiger charge is 2.15. The minimum atomic E-state index is -0.128. The number of aryl methyl sites for hydroxylation is 2. The molecule has 0 fully saturated rings. The second-order valence-corrected chi connectivity index (χ2v) is 7.32. The lowest BCUT2D eigenvalue weighted by Gasteiger charge is -2.07. The van der Waals surface area contributed by atoms with Crippen LogP contribution < -0.4 is 10.6 Å². The molecule has 4 nitrogen and oxygen atoms in total. The molecular weight excluding hydrogens is 366 g/mol. The molecule has 6 heteroatoms. The Morgan fingerprint density at radius 2 is 2.00 bits per heavy atom. The SMILES string of the molecule is CCc1ccccc1Nc1nc(C)c(C(=O)NCc2cccc(Cl)c2)s1. The lowest BCUT2D eigenvalue weighted by molar-refractivity contribution is 0.0954. The molecule has 1 heterocycles. The summed E-state index contributed by atoms with van der Waals surface area (Å²) in [5.41, 5.74) is 3.92. The third-order valence-corrected chi connectivity index (χ3v) is 5.29. The highest BCUT2D eigenvalue weighted by atomic mass is 35.5. The molecule has 2 N–H and O–H groups in total. The van der Waals surface area contributed by atoms with Crippen LogP contribution in [0.25, 0.3) is 0 Å². The lowest BCUT2D eigenvalue weighted by Crippen LogP contribution is -2.22. The molecule has 0 unspecified atom stereocenters. The van der Waals surface area contributed by atoms with Crippen LogP contribution in [-0.4, -0.2) is 10.9 Å². The van der Waals surface area contributed by atoms with Gasteiger partial charge in [-0.1, -0.05) is 60.2 Å². The number of aromatic nitrogens is 1. The van der Waals surface area contributed by atoms with Gasteiger partial charge in [0, 0.05) is 17.3 Å². The van der Waals surface area contributed by atoms with Gasteiger partial charge in [-0.05, 0) is 42.7 Å². The third kappa shape index (κ3) is 4.42. The highest BCUT2D eigenvalue weighted by molar-refractivity contribution is 7.17. The molecule has 134 valence electrons. The van der Waals surface area contributed by atoms with Crippen molar-refractivity contribution in [3.63, 3.8) is 0 Å². The van der Waals surface area contributed by atoms with Crippen molar-refractivity contribution in [2.24, 2.45) is 0 Å². The number of halogens is 1. The van der Waals surface area contributed by atoms with Crippen LogP contribution in [0.1, 0.15) is 33.4 Å². The van der Waals surface area contributed by atoms with Gasteiger partial charge in [-0.3, -0.25) is 4.79 Å². The summed E-state index contributed by atoms with van der Waals surface area (Å²) in [6, 6.07) is 15.6. The van der Waals surface area contributed by atoms with Gasteiger partial charge in [0.1, 0.15) is 4.88 Å². The third-order valence-electron chi connectivity index (χ3n) is 3.98. The molecule has 0 bridgehead atoms. The number of hydrogen-bond acceptors (Lipinski definition) is 4. The fourth-order valence-corrected chi connectivity index (χ4v) is 3.74. The van der Waals surface area contributed by atoms with E-state index in [1.54, 1.807) is 0 Å². The Balaban J connectivity index is 1.70. The number of nitrogens with zero attached hydrogens (tertiary/aromatic N) is 1. The van der Waals surface area contributed by atoms with Crippen LogP contribution in [-0.2, 0) is 13.0 Å². The number of rotatable bonds is 6. The van der Waals surface area contributed by atoms with E-state index in [1.165, 1.54) is 16.9 Å². The Hall–Kier alpha value is -2.37. The maximum atomic E-state index is 12.5. The van der Waals surface area contributed by atoms with Gasteiger partial charge in [0.15, 0.2) is 5.13 Å². The number of anilines is 2. The van der Waals surface area contributed by atoms with E-state index in [2.05, 4.69) is 28.6 Å². The Labute approximate surface area is 162 Å². The van der Waals surface area contributed by atoms with E-state index < -0.39 is 0 Å². The van der Waals surface area contributed by atoms with Crippen molar-refractivity contribution in [1.29, 1.82) is 0 Å². The molecule has 1 aromatic heterocycles. The monoisotopic (exact) mass is 385 g/mol. The molecule has 0 radical (unpaired) electrons. The molecule has 0 saturated heterocycles. The molecule has 0 atom stereocenters. The number of amides is 1. The number of hydrogen-bond donors (Lipinski definition) is 2. The summed E-state index contributed by atoms with van der Waals surface area (Å²) in [6.45, 7) is 4.39. The molecule has 0 saturated carbocycles. The summed E-state index contributed by atoms with van der Waals surface area (Å²) >= 11 is 7.34. The van der Waals surface area contributed by atoms with Gasteiger partial charge < -0.3 is 10.6 Å². The number of para-hydroxylation sites is 1. The molecule has 0 aliphatic heterocycles. The average Bonchev–Trinajstić information content (AvgIpc) is 3.00. The minimum absolute atomic E-state index is 0.128. The van der Waals surface area contributed by atoms with Crippen molar-refractivity contribution >= 4 is 39.7 Å². The molecule has 3 aromatic rings. The maximum Gasteiger partial charge on any atom is 0.263 e. The minimum Gasteiger partial charge on any atom is -0.347 e. The van der Waals surface area contributed by atoms with Crippen LogP contribution in [0.4, 0.5) is 10.8 Å². The number of nitrogens with one attached hydrogen (secondary N) is 2. The molecule has 2 aromatic carbocycles. The zero-order valence-corrected chi connectivity index (χ0v) is 16.2. The summed E-state index contributed by atoms with van der Waals surface area (Å²) in [7, 11) is 0. The quantitative estimate of drug-likeness (QED) is 0.602. The van der Waals surface area contributed by atoms with Crippen molar-refractivity contribution in [2.75, 3.05) is 5.32 Å². The van der Waals surface area contributed by atoms with Gasteiger partial charge in [-0.25, -0.2) is 4.98 Å². The van der Waals surface area contributed by atoms with Gasteiger partial charge in [0.25, 0.3) is 5.91 Å². The van der Waals surface area contributed by atoms with Crippen LogP contribution in [0.5, 0.6) is 0 Å². The standard InChI is InChI=1S/C20H20ClN3OS/c1-3-15-8-4-5-10-17(15)24-20-23-13(2)18(26-20)19(25)22-12-14-7-6-9-16(21)11-14/h4-11H,3,12H2,1-2H3,(H,22,25)(H,23,24). The predicted molar refractivity (Wildman–Crippen MR) is 109 cm³/mol. The molecule has 0 aliphatic rings. The van der Waals surface area contributed by atoms with Crippen LogP contribution in [0.15, 0.2) is 48.5 Å². The van der Waals surface area contributed by atoms with E-state index in [9.17, 15) is 4.79 Å². The molecule has 1 amide bonds. The molecule has 0 aliphatic carbocycles. The van der Waals surface area contributed by atoms with Crippen molar-refractivity contribution in [3.8, 4) is 0 Å².